The Balaban J connectivity index is 1.84. The summed E-state index contributed by atoms with van der Waals surface area (Å²) in [7, 11) is 0. The molecule has 0 unspecified atom stereocenters. The van der Waals surface area contributed by atoms with Crippen LogP contribution in [0.1, 0.15) is 29.9 Å². The SMILES string of the molecule is CCN[C@@H]1CCN(c2ccc3cc(C(C)=O)sc3n2)C1. The van der Waals surface area contributed by atoms with E-state index in [2.05, 4.69) is 29.3 Å². The maximum absolute atomic E-state index is 11.4. The normalized spacial score (nSPS) is 18.9. The van der Waals surface area contributed by atoms with Crippen LogP contribution in [0.2, 0.25) is 0 Å². The van der Waals surface area contributed by atoms with Crippen LogP contribution in [0.4, 0.5) is 5.82 Å². The number of hydrogen-bond acceptors (Lipinski definition) is 5. The van der Waals surface area contributed by atoms with Gasteiger partial charge in [0.25, 0.3) is 0 Å². The zero-order valence-electron chi connectivity index (χ0n) is 11.8. The largest absolute Gasteiger partial charge is 0.355 e. The molecule has 3 heterocycles. The third-order valence-corrected chi connectivity index (χ3v) is 4.87. The molecular weight excluding hydrogens is 270 g/mol. The topological polar surface area (TPSA) is 45.2 Å². The Bertz CT molecular complexity index is 637. The van der Waals surface area contributed by atoms with Crippen LogP contribution in [0.5, 0.6) is 0 Å². The first-order chi connectivity index (χ1) is 9.67. The van der Waals surface area contributed by atoms with Gasteiger partial charge in [0.2, 0.25) is 0 Å². The molecule has 4 nitrogen and oxygen atoms in total. The predicted molar refractivity (Wildman–Crippen MR) is 83.9 cm³/mol. The highest BCUT2D eigenvalue weighted by molar-refractivity contribution is 7.20. The number of likely N-dealkylation sites (N-methyl/N-ethyl adjacent to an activating group) is 1. The van der Waals surface area contributed by atoms with Crippen molar-refractivity contribution in [3.8, 4) is 0 Å². The van der Waals surface area contributed by atoms with Crippen molar-refractivity contribution in [2.75, 3.05) is 24.5 Å². The number of fused-ring (bicyclic) bond motifs is 1. The second-order valence-corrected chi connectivity index (χ2v) is 6.25. The molecule has 106 valence electrons. The highest BCUT2D eigenvalue weighted by Gasteiger charge is 2.22. The first-order valence-electron chi connectivity index (χ1n) is 7.07. The van der Waals surface area contributed by atoms with Gasteiger partial charge >= 0.3 is 0 Å². The summed E-state index contributed by atoms with van der Waals surface area (Å²) in [4.78, 5) is 20.2. The summed E-state index contributed by atoms with van der Waals surface area (Å²) < 4.78 is 0. The molecule has 2 aromatic rings. The molecule has 0 saturated carbocycles. The minimum atomic E-state index is 0.114. The molecule has 1 atom stereocenters. The molecule has 0 radical (unpaired) electrons. The van der Waals surface area contributed by atoms with E-state index < -0.39 is 0 Å². The number of Topliss-reactive ketones (excluding diaryl/α,β-unsaturated/α-hetero) is 1. The van der Waals surface area contributed by atoms with Crippen molar-refractivity contribution in [1.29, 1.82) is 0 Å². The zero-order valence-corrected chi connectivity index (χ0v) is 12.7. The number of carbonyl (C=O) groups excluding carboxylic acids is 1. The lowest BCUT2D eigenvalue weighted by molar-refractivity contribution is 0.102. The summed E-state index contributed by atoms with van der Waals surface area (Å²) in [6, 6.07) is 6.63. The van der Waals surface area contributed by atoms with Gasteiger partial charge in [-0.2, -0.15) is 0 Å². The third-order valence-electron chi connectivity index (χ3n) is 3.72. The van der Waals surface area contributed by atoms with E-state index >= 15 is 0 Å². The fourth-order valence-electron chi connectivity index (χ4n) is 2.68. The van der Waals surface area contributed by atoms with E-state index in [9.17, 15) is 4.79 Å². The van der Waals surface area contributed by atoms with Crippen molar-refractivity contribution in [3.05, 3.63) is 23.1 Å². The number of ketones is 1. The number of nitrogens with one attached hydrogen (secondary N) is 1. The molecule has 5 heteroatoms. The van der Waals surface area contributed by atoms with Crippen molar-refractivity contribution >= 4 is 33.2 Å². The fraction of sp³-hybridized carbons (Fsp3) is 0.467. The summed E-state index contributed by atoms with van der Waals surface area (Å²) in [6.45, 7) is 6.81. The second-order valence-electron chi connectivity index (χ2n) is 5.22. The Labute approximate surface area is 122 Å². The molecular formula is C15H19N3OS. The number of nitrogens with zero attached hydrogens (tertiary/aromatic N) is 2. The van der Waals surface area contributed by atoms with Crippen molar-refractivity contribution < 1.29 is 4.79 Å². The molecule has 1 saturated heterocycles. The highest BCUT2D eigenvalue weighted by Crippen LogP contribution is 2.28. The molecule has 0 bridgehead atoms. The van der Waals surface area contributed by atoms with E-state index in [1.165, 1.54) is 11.3 Å². The molecule has 1 N–H and O–H groups in total. The predicted octanol–water partition coefficient (Wildman–Crippen LogP) is 2.69. The standard InChI is InChI=1S/C15H19N3OS/c1-3-16-12-6-7-18(9-12)14-5-4-11-8-13(10(2)19)20-15(11)17-14/h4-5,8,12,16H,3,6-7,9H2,1-2H3/t12-/m1/s1. The lowest BCUT2D eigenvalue weighted by atomic mass is 10.2. The molecule has 0 aliphatic carbocycles. The second kappa shape index (κ2) is 5.50. The molecule has 0 spiro atoms. The number of carbonyl (C=O) groups is 1. The molecule has 1 fully saturated rings. The Kier molecular flexibility index (Phi) is 3.72. The lowest BCUT2D eigenvalue weighted by Crippen LogP contribution is -2.32. The number of thiophene rings is 1. The van der Waals surface area contributed by atoms with Crippen LogP contribution in [-0.4, -0.2) is 36.4 Å². The Morgan fingerprint density at radius 2 is 2.40 bits per heavy atom. The molecule has 20 heavy (non-hydrogen) atoms. The van der Waals surface area contributed by atoms with E-state index in [-0.39, 0.29) is 5.78 Å². The van der Waals surface area contributed by atoms with Crippen molar-refractivity contribution in [3.63, 3.8) is 0 Å². The third kappa shape index (κ3) is 2.55. The van der Waals surface area contributed by atoms with Crippen LogP contribution in [0.15, 0.2) is 18.2 Å². The van der Waals surface area contributed by atoms with E-state index in [4.69, 9.17) is 4.98 Å². The van der Waals surface area contributed by atoms with Crippen molar-refractivity contribution in [2.45, 2.75) is 26.3 Å². The van der Waals surface area contributed by atoms with Gasteiger partial charge in [-0.1, -0.05) is 6.92 Å². The van der Waals surface area contributed by atoms with Crippen molar-refractivity contribution in [1.82, 2.24) is 10.3 Å². The van der Waals surface area contributed by atoms with Gasteiger partial charge in [0.15, 0.2) is 5.78 Å². The smallest absolute Gasteiger partial charge is 0.169 e. The van der Waals surface area contributed by atoms with Crippen LogP contribution in [0.3, 0.4) is 0 Å². The number of rotatable bonds is 4. The van der Waals surface area contributed by atoms with Gasteiger partial charge in [0.1, 0.15) is 10.6 Å². The summed E-state index contributed by atoms with van der Waals surface area (Å²) in [5, 5.41) is 4.55. The summed E-state index contributed by atoms with van der Waals surface area (Å²) in [5.41, 5.74) is 0. The molecule has 1 aliphatic heterocycles. The quantitative estimate of drug-likeness (QED) is 0.879. The van der Waals surface area contributed by atoms with E-state index in [0.29, 0.717) is 6.04 Å². The lowest BCUT2D eigenvalue weighted by Gasteiger charge is -2.17. The van der Waals surface area contributed by atoms with Crippen LogP contribution in [0, 0.1) is 0 Å². The minimum Gasteiger partial charge on any atom is -0.355 e. The molecule has 1 aliphatic rings. The monoisotopic (exact) mass is 289 g/mol. The summed E-state index contributed by atoms with van der Waals surface area (Å²) in [6.07, 6.45) is 1.16. The maximum Gasteiger partial charge on any atom is 0.169 e. The van der Waals surface area contributed by atoms with Gasteiger partial charge in [0, 0.05) is 24.5 Å². The molecule has 0 amide bonds. The van der Waals surface area contributed by atoms with Crippen LogP contribution >= 0.6 is 11.3 Å². The molecule has 3 rings (SSSR count). The minimum absolute atomic E-state index is 0.114. The van der Waals surface area contributed by atoms with Gasteiger partial charge in [-0.05, 0) is 38.1 Å². The van der Waals surface area contributed by atoms with Crippen LogP contribution in [-0.2, 0) is 0 Å². The first-order valence-corrected chi connectivity index (χ1v) is 7.89. The van der Waals surface area contributed by atoms with E-state index in [1.54, 1.807) is 6.92 Å². The summed E-state index contributed by atoms with van der Waals surface area (Å²) in [5.74, 6) is 1.14. The Morgan fingerprint density at radius 1 is 1.55 bits per heavy atom. The van der Waals surface area contributed by atoms with Crippen LogP contribution < -0.4 is 10.2 Å². The van der Waals surface area contributed by atoms with Gasteiger partial charge < -0.3 is 10.2 Å². The molecule has 2 aromatic heterocycles. The van der Waals surface area contributed by atoms with Gasteiger partial charge in [-0.15, -0.1) is 11.3 Å². The van der Waals surface area contributed by atoms with Gasteiger partial charge in [-0.3, -0.25) is 4.79 Å². The maximum atomic E-state index is 11.4. The summed E-state index contributed by atoms with van der Waals surface area (Å²) >= 11 is 1.49. The highest BCUT2D eigenvalue weighted by atomic mass is 32.1. The average molecular weight is 289 g/mol. The number of pyridine rings is 1. The van der Waals surface area contributed by atoms with E-state index in [1.807, 2.05) is 6.07 Å². The fourth-order valence-corrected chi connectivity index (χ4v) is 3.60. The Morgan fingerprint density at radius 3 is 3.15 bits per heavy atom. The van der Waals surface area contributed by atoms with Crippen molar-refractivity contribution in [2.24, 2.45) is 0 Å². The average Bonchev–Trinajstić information content (AvgIpc) is 3.04. The number of aromatic nitrogens is 1. The van der Waals surface area contributed by atoms with Gasteiger partial charge in [0.05, 0.1) is 4.88 Å². The first kappa shape index (κ1) is 13.5. The zero-order chi connectivity index (χ0) is 14.1. The Hall–Kier alpha value is -1.46. The van der Waals surface area contributed by atoms with E-state index in [0.717, 1.165) is 47.0 Å². The van der Waals surface area contributed by atoms with Crippen LogP contribution in [0.25, 0.3) is 10.2 Å². The molecule has 0 aromatic carbocycles. The number of hydrogen-bond donors (Lipinski definition) is 1. The number of anilines is 1. The van der Waals surface area contributed by atoms with Gasteiger partial charge in [-0.25, -0.2) is 4.98 Å².